The van der Waals surface area contributed by atoms with Crippen LogP contribution in [0.4, 0.5) is 5.95 Å². The predicted molar refractivity (Wildman–Crippen MR) is 68.0 cm³/mol. The SMILES string of the molecule is COc1ccc(CCc2cn(C)c(N)n2)cc1. The first-order chi connectivity index (χ1) is 8.19. The van der Waals surface area contributed by atoms with E-state index in [2.05, 4.69) is 17.1 Å². The molecule has 0 aliphatic rings. The Labute approximate surface area is 101 Å². The minimum atomic E-state index is 0.565. The summed E-state index contributed by atoms with van der Waals surface area (Å²) in [5, 5.41) is 0. The second kappa shape index (κ2) is 4.91. The van der Waals surface area contributed by atoms with E-state index in [1.807, 2.05) is 29.9 Å². The smallest absolute Gasteiger partial charge is 0.200 e. The number of methoxy groups -OCH3 is 1. The van der Waals surface area contributed by atoms with E-state index in [0.29, 0.717) is 5.95 Å². The van der Waals surface area contributed by atoms with Crippen molar-refractivity contribution < 1.29 is 4.74 Å². The van der Waals surface area contributed by atoms with Crippen molar-refractivity contribution in [1.29, 1.82) is 0 Å². The topological polar surface area (TPSA) is 53.1 Å². The van der Waals surface area contributed by atoms with Gasteiger partial charge in [-0.15, -0.1) is 0 Å². The highest BCUT2D eigenvalue weighted by molar-refractivity contribution is 5.28. The second-order valence-corrected chi connectivity index (χ2v) is 4.05. The molecule has 0 aliphatic carbocycles. The Balaban J connectivity index is 1.97. The Morgan fingerprint density at radius 1 is 1.24 bits per heavy atom. The fourth-order valence-electron chi connectivity index (χ4n) is 1.73. The Hall–Kier alpha value is -1.97. The lowest BCUT2D eigenvalue weighted by molar-refractivity contribution is 0.414. The molecule has 0 saturated carbocycles. The molecule has 4 heteroatoms. The number of anilines is 1. The van der Waals surface area contributed by atoms with Crippen molar-refractivity contribution in [2.45, 2.75) is 12.8 Å². The summed E-state index contributed by atoms with van der Waals surface area (Å²) < 4.78 is 6.96. The number of nitrogens with zero attached hydrogens (tertiary/aromatic N) is 2. The molecule has 2 aromatic rings. The molecule has 1 heterocycles. The summed E-state index contributed by atoms with van der Waals surface area (Å²) in [5.74, 6) is 1.45. The van der Waals surface area contributed by atoms with Crippen LogP contribution in [0.1, 0.15) is 11.3 Å². The number of aromatic nitrogens is 2. The number of hydrogen-bond donors (Lipinski definition) is 1. The summed E-state index contributed by atoms with van der Waals surface area (Å²) in [7, 11) is 3.57. The van der Waals surface area contributed by atoms with Gasteiger partial charge in [-0.1, -0.05) is 12.1 Å². The normalized spacial score (nSPS) is 10.5. The van der Waals surface area contributed by atoms with Crippen molar-refractivity contribution in [1.82, 2.24) is 9.55 Å². The molecule has 0 radical (unpaired) electrons. The van der Waals surface area contributed by atoms with Gasteiger partial charge in [0.2, 0.25) is 0 Å². The number of nitrogens with two attached hydrogens (primary N) is 1. The van der Waals surface area contributed by atoms with Gasteiger partial charge in [-0.05, 0) is 30.5 Å². The average molecular weight is 231 g/mol. The van der Waals surface area contributed by atoms with Crippen LogP contribution in [0.3, 0.4) is 0 Å². The van der Waals surface area contributed by atoms with E-state index in [1.54, 1.807) is 7.11 Å². The van der Waals surface area contributed by atoms with Gasteiger partial charge < -0.3 is 15.0 Å². The van der Waals surface area contributed by atoms with Gasteiger partial charge in [-0.25, -0.2) is 4.98 Å². The Kier molecular flexibility index (Phi) is 3.32. The molecule has 1 aromatic heterocycles. The van der Waals surface area contributed by atoms with Gasteiger partial charge in [0.25, 0.3) is 0 Å². The summed E-state index contributed by atoms with van der Waals surface area (Å²) in [6, 6.07) is 8.10. The zero-order valence-corrected chi connectivity index (χ0v) is 10.2. The first-order valence-corrected chi connectivity index (χ1v) is 5.59. The van der Waals surface area contributed by atoms with Crippen LogP contribution in [-0.2, 0) is 19.9 Å². The van der Waals surface area contributed by atoms with Crippen LogP contribution < -0.4 is 10.5 Å². The quantitative estimate of drug-likeness (QED) is 0.873. The zero-order chi connectivity index (χ0) is 12.3. The average Bonchev–Trinajstić information content (AvgIpc) is 2.67. The van der Waals surface area contributed by atoms with E-state index < -0.39 is 0 Å². The minimum absolute atomic E-state index is 0.565. The number of ether oxygens (including phenoxy) is 1. The van der Waals surface area contributed by atoms with Crippen molar-refractivity contribution in [3.05, 3.63) is 41.7 Å². The van der Waals surface area contributed by atoms with Gasteiger partial charge >= 0.3 is 0 Å². The van der Waals surface area contributed by atoms with E-state index in [4.69, 9.17) is 10.5 Å². The maximum atomic E-state index is 5.68. The molecule has 0 fully saturated rings. The van der Waals surface area contributed by atoms with Crippen LogP contribution in [-0.4, -0.2) is 16.7 Å². The highest BCUT2D eigenvalue weighted by Gasteiger charge is 2.02. The van der Waals surface area contributed by atoms with Crippen molar-refractivity contribution in [3.8, 4) is 5.75 Å². The van der Waals surface area contributed by atoms with Gasteiger partial charge in [0.1, 0.15) is 5.75 Å². The third-order valence-corrected chi connectivity index (χ3v) is 2.79. The summed E-state index contributed by atoms with van der Waals surface area (Å²) in [6.45, 7) is 0. The molecule has 90 valence electrons. The first-order valence-electron chi connectivity index (χ1n) is 5.59. The third-order valence-electron chi connectivity index (χ3n) is 2.79. The van der Waals surface area contributed by atoms with E-state index in [1.165, 1.54) is 5.56 Å². The predicted octanol–water partition coefficient (Wildman–Crippen LogP) is 1.80. The second-order valence-electron chi connectivity index (χ2n) is 4.05. The summed E-state index contributed by atoms with van der Waals surface area (Å²) in [6.07, 6.45) is 3.83. The molecule has 0 unspecified atom stereocenters. The lowest BCUT2D eigenvalue weighted by Crippen LogP contribution is -1.95. The van der Waals surface area contributed by atoms with Gasteiger partial charge in [0.05, 0.1) is 12.8 Å². The summed E-state index contributed by atoms with van der Waals surface area (Å²) >= 11 is 0. The molecule has 17 heavy (non-hydrogen) atoms. The molecule has 0 amide bonds. The highest BCUT2D eigenvalue weighted by atomic mass is 16.5. The van der Waals surface area contributed by atoms with Crippen LogP contribution in [0.5, 0.6) is 5.75 Å². The van der Waals surface area contributed by atoms with Crippen molar-refractivity contribution in [2.75, 3.05) is 12.8 Å². The molecule has 0 atom stereocenters. The fourth-order valence-corrected chi connectivity index (χ4v) is 1.73. The molecule has 2 N–H and O–H groups in total. The molecule has 1 aromatic carbocycles. The number of nitrogen functional groups attached to an aromatic ring is 1. The number of benzene rings is 1. The van der Waals surface area contributed by atoms with Crippen LogP contribution in [0.25, 0.3) is 0 Å². The largest absolute Gasteiger partial charge is 0.497 e. The van der Waals surface area contributed by atoms with E-state index in [0.717, 1.165) is 24.3 Å². The van der Waals surface area contributed by atoms with E-state index in [9.17, 15) is 0 Å². The lowest BCUT2D eigenvalue weighted by Gasteiger charge is -2.02. The van der Waals surface area contributed by atoms with E-state index in [-0.39, 0.29) is 0 Å². The Morgan fingerprint density at radius 2 is 1.94 bits per heavy atom. The van der Waals surface area contributed by atoms with Crippen molar-refractivity contribution in [3.63, 3.8) is 0 Å². The van der Waals surface area contributed by atoms with Crippen LogP contribution in [0, 0.1) is 0 Å². The van der Waals surface area contributed by atoms with Gasteiger partial charge in [0, 0.05) is 13.2 Å². The zero-order valence-electron chi connectivity index (χ0n) is 10.2. The number of aryl methyl sites for hydroxylation is 3. The molecule has 4 nitrogen and oxygen atoms in total. The van der Waals surface area contributed by atoms with Crippen molar-refractivity contribution in [2.24, 2.45) is 7.05 Å². The molecular formula is C13H17N3O. The molecule has 0 aliphatic heterocycles. The number of imidazole rings is 1. The van der Waals surface area contributed by atoms with Gasteiger partial charge in [0.15, 0.2) is 5.95 Å². The lowest BCUT2D eigenvalue weighted by atomic mass is 10.1. The number of hydrogen-bond acceptors (Lipinski definition) is 3. The monoisotopic (exact) mass is 231 g/mol. The third kappa shape index (κ3) is 2.78. The highest BCUT2D eigenvalue weighted by Crippen LogP contribution is 2.13. The van der Waals surface area contributed by atoms with E-state index >= 15 is 0 Å². The maximum Gasteiger partial charge on any atom is 0.200 e. The molecule has 0 bridgehead atoms. The Morgan fingerprint density at radius 3 is 2.47 bits per heavy atom. The van der Waals surface area contributed by atoms with Crippen LogP contribution in [0.2, 0.25) is 0 Å². The van der Waals surface area contributed by atoms with Crippen molar-refractivity contribution >= 4 is 5.95 Å². The molecule has 0 saturated heterocycles. The van der Waals surface area contributed by atoms with Gasteiger partial charge in [-0.3, -0.25) is 0 Å². The van der Waals surface area contributed by atoms with Gasteiger partial charge in [-0.2, -0.15) is 0 Å². The Bertz CT molecular complexity index is 468. The summed E-state index contributed by atoms with van der Waals surface area (Å²) in [4.78, 5) is 4.28. The summed E-state index contributed by atoms with van der Waals surface area (Å²) in [5.41, 5.74) is 7.98. The molecule has 0 spiro atoms. The minimum Gasteiger partial charge on any atom is -0.497 e. The van der Waals surface area contributed by atoms with Crippen LogP contribution in [0.15, 0.2) is 30.5 Å². The number of rotatable bonds is 4. The first kappa shape index (κ1) is 11.5. The molecular weight excluding hydrogens is 214 g/mol. The standard InChI is InChI=1S/C13H17N3O/c1-16-9-11(15-13(16)14)6-3-10-4-7-12(17-2)8-5-10/h4-5,7-9H,3,6H2,1-2H3,(H2,14,15). The maximum absolute atomic E-state index is 5.68. The van der Waals surface area contributed by atoms with Crippen LogP contribution >= 0.6 is 0 Å². The fraction of sp³-hybridized carbons (Fsp3) is 0.308. The molecule has 2 rings (SSSR count).